The van der Waals surface area contributed by atoms with Crippen LogP contribution in [0, 0.1) is 0 Å². The molecule has 0 aromatic heterocycles. The molecule has 6 heteroatoms. The topological polar surface area (TPSA) is 80.7 Å². The van der Waals surface area contributed by atoms with Crippen molar-refractivity contribution in [3.05, 3.63) is 11.8 Å². The maximum Gasteiger partial charge on any atom is 0.422 e. The highest BCUT2D eigenvalue weighted by molar-refractivity contribution is 8.14. The van der Waals surface area contributed by atoms with E-state index in [1.54, 1.807) is 0 Å². The fourth-order valence-corrected chi connectivity index (χ4v) is 1.22. The highest BCUT2D eigenvalue weighted by Gasteiger charge is 2.20. The molecule has 0 amide bonds. The molecular formula is C6H4O5S. The molecule has 64 valence electrons. The van der Waals surface area contributed by atoms with E-state index in [2.05, 4.69) is 4.74 Å². The molecule has 0 unspecified atom stereocenters. The summed E-state index contributed by atoms with van der Waals surface area (Å²) < 4.78 is 4.32. The van der Waals surface area contributed by atoms with E-state index in [0.717, 1.165) is 17.8 Å². The monoisotopic (exact) mass is 188 g/mol. The zero-order chi connectivity index (χ0) is 9.14. The second-order valence-corrected chi connectivity index (χ2v) is 2.89. The second kappa shape index (κ2) is 3.40. The van der Waals surface area contributed by atoms with Gasteiger partial charge in [0.25, 0.3) is 0 Å². The lowest BCUT2D eigenvalue weighted by Crippen LogP contribution is -2.16. The summed E-state index contributed by atoms with van der Waals surface area (Å²) in [5, 5.41) is 7.88. The van der Waals surface area contributed by atoms with Gasteiger partial charge in [-0.3, -0.25) is 4.79 Å². The van der Waals surface area contributed by atoms with E-state index >= 15 is 0 Å². The van der Waals surface area contributed by atoms with E-state index in [0.29, 0.717) is 0 Å². The van der Waals surface area contributed by atoms with Crippen LogP contribution in [-0.4, -0.2) is 27.9 Å². The predicted octanol–water partition coefficient (Wildman–Crippen LogP) is -0.229. The fourth-order valence-electron chi connectivity index (χ4n) is 0.579. The first kappa shape index (κ1) is 8.79. The molecule has 0 atom stereocenters. The Morgan fingerprint density at radius 2 is 2.25 bits per heavy atom. The van der Waals surface area contributed by atoms with E-state index in [9.17, 15) is 14.4 Å². The zero-order valence-electron chi connectivity index (χ0n) is 5.77. The summed E-state index contributed by atoms with van der Waals surface area (Å²) in [6.45, 7) is 0. The second-order valence-electron chi connectivity index (χ2n) is 1.91. The van der Waals surface area contributed by atoms with Crippen LogP contribution in [0.15, 0.2) is 11.8 Å². The van der Waals surface area contributed by atoms with Crippen molar-refractivity contribution in [3.63, 3.8) is 0 Å². The highest BCUT2D eigenvalue weighted by atomic mass is 32.2. The molecule has 0 radical (unpaired) electrons. The molecule has 0 bridgehead atoms. The Hall–Kier alpha value is -1.30. The number of aliphatic carboxylic acids is 1. The molecule has 0 spiro atoms. The van der Waals surface area contributed by atoms with E-state index < -0.39 is 11.9 Å². The van der Waals surface area contributed by atoms with Crippen molar-refractivity contribution in [3.8, 4) is 0 Å². The van der Waals surface area contributed by atoms with Gasteiger partial charge in [0, 0.05) is 6.08 Å². The minimum atomic E-state index is -1.67. The van der Waals surface area contributed by atoms with Crippen molar-refractivity contribution >= 4 is 28.8 Å². The maximum absolute atomic E-state index is 10.6. The number of ether oxygens (including phenoxy) is 1. The molecule has 0 aromatic carbocycles. The third kappa shape index (κ3) is 2.09. The van der Waals surface area contributed by atoms with Gasteiger partial charge in [0.1, 0.15) is 5.76 Å². The number of carbonyl (C=O) groups is 3. The van der Waals surface area contributed by atoms with Gasteiger partial charge in [0.2, 0.25) is 5.12 Å². The van der Waals surface area contributed by atoms with Gasteiger partial charge in [0.05, 0.1) is 5.75 Å². The zero-order valence-corrected chi connectivity index (χ0v) is 6.59. The minimum Gasteiger partial charge on any atom is -0.473 e. The molecule has 1 aliphatic heterocycles. The van der Waals surface area contributed by atoms with Crippen molar-refractivity contribution in [2.24, 2.45) is 0 Å². The number of rotatable bonds is 1. The number of thioether (sulfide) groups is 1. The SMILES string of the molecule is O=C1C=C(OC(=O)C(=O)O)CS1. The molecule has 1 N–H and O–H groups in total. The molecule has 0 aromatic rings. The Morgan fingerprint density at radius 1 is 1.58 bits per heavy atom. The summed E-state index contributed by atoms with van der Waals surface area (Å²) in [5.41, 5.74) is 0. The molecule has 1 aliphatic rings. The van der Waals surface area contributed by atoms with Gasteiger partial charge >= 0.3 is 11.9 Å². The molecule has 0 saturated carbocycles. The van der Waals surface area contributed by atoms with Crippen LogP contribution in [0.3, 0.4) is 0 Å². The van der Waals surface area contributed by atoms with Crippen LogP contribution in [0.4, 0.5) is 0 Å². The van der Waals surface area contributed by atoms with Crippen molar-refractivity contribution < 1.29 is 24.2 Å². The molecule has 1 rings (SSSR count). The summed E-state index contributed by atoms with van der Waals surface area (Å²) >= 11 is 0.957. The maximum atomic E-state index is 10.6. The lowest BCUT2D eigenvalue weighted by atomic mass is 10.5. The van der Waals surface area contributed by atoms with Gasteiger partial charge < -0.3 is 9.84 Å². The molecule has 1 heterocycles. The Balaban J connectivity index is 2.53. The number of carboxylic acid groups (broad SMARTS) is 1. The number of esters is 1. The van der Waals surface area contributed by atoms with Crippen LogP contribution in [0.2, 0.25) is 0 Å². The van der Waals surface area contributed by atoms with Crippen molar-refractivity contribution in [2.45, 2.75) is 0 Å². The molecule has 12 heavy (non-hydrogen) atoms. The van der Waals surface area contributed by atoms with Crippen molar-refractivity contribution in [1.29, 1.82) is 0 Å². The summed E-state index contributed by atoms with van der Waals surface area (Å²) in [5.74, 6) is -2.72. The van der Waals surface area contributed by atoms with E-state index in [4.69, 9.17) is 5.11 Å². The Morgan fingerprint density at radius 3 is 2.67 bits per heavy atom. The van der Waals surface area contributed by atoms with Gasteiger partial charge in [-0.2, -0.15) is 0 Å². The first-order valence-corrected chi connectivity index (χ1v) is 3.90. The van der Waals surface area contributed by atoms with Crippen LogP contribution in [-0.2, 0) is 19.1 Å². The van der Waals surface area contributed by atoms with Crippen LogP contribution in [0.25, 0.3) is 0 Å². The van der Waals surface area contributed by atoms with Crippen LogP contribution in [0.1, 0.15) is 0 Å². The smallest absolute Gasteiger partial charge is 0.422 e. The molecule has 0 saturated heterocycles. The number of carbonyl (C=O) groups excluding carboxylic acids is 2. The number of hydrogen-bond donors (Lipinski definition) is 1. The van der Waals surface area contributed by atoms with Gasteiger partial charge in [-0.25, -0.2) is 9.59 Å². The average Bonchev–Trinajstić information content (AvgIpc) is 2.35. The van der Waals surface area contributed by atoms with E-state index in [1.165, 1.54) is 0 Å². The third-order valence-electron chi connectivity index (χ3n) is 1.03. The van der Waals surface area contributed by atoms with Crippen LogP contribution < -0.4 is 0 Å². The standard InChI is InChI=1S/C6H4O5S/c7-4-1-3(2-12-4)11-6(10)5(8)9/h1H,2H2,(H,8,9). The normalized spacial score (nSPS) is 15.7. The van der Waals surface area contributed by atoms with Gasteiger partial charge in [-0.05, 0) is 0 Å². The van der Waals surface area contributed by atoms with Gasteiger partial charge in [0.15, 0.2) is 0 Å². The molecule has 5 nitrogen and oxygen atoms in total. The van der Waals surface area contributed by atoms with Crippen molar-refractivity contribution in [1.82, 2.24) is 0 Å². The largest absolute Gasteiger partial charge is 0.473 e. The summed E-state index contributed by atoms with van der Waals surface area (Å²) in [4.78, 5) is 31.0. The lowest BCUT2D eigenvalue weighted by molar-refractivity contribution is -0.161. The van der Waals surface area contributed by atoms with E-state index in [1.807, 2.05) is 0 Å². The fraction of sp³-hybridized carbons (Fsp3) is 0.167. The van der Waals surface area contributed by atoms with Crippen molar-refractivity contribution in [2.75, 3.05) is 5.75 Å². The molecule has 0 fully saturated rings. The average molecular weight is 188 g/mol. The summed E-state index contributed by atoms with van der Waals surface area (Å²) in [6.07, 6.45) is 1.10. The number of hydrogen-bond acceptors (Lipinski definition) is 5. The minimum absolute atomic E-state index is 0.0948. The van der Waals surface area contributed by atoms with Gasteiger partial charge in [-0.15, -0.1) is 0 Å². The quantitative estimate of drug-likeness (QED) is 0.452. The lowest BCUT2D eigenvalue weighted by Gasteiger charge is -1.97. The third-order valence-corrected chi connectivity index (χ3v) is 1.87. The van der Waals surface area contributed by atoms with Crippen LogP contribution in [0.5, 0.6) is 0 Å². The predicted molar refractivity (Wildman–Crippen MR) is 39.3 cm³/mol. The highest BCUT2D eigenvalue weighted by Crippen LogP contribution is 2.19. The van der Waals surface area contributed by atoms with E-state index in [-0.39, 0.29) is 16.6 Å². The summed E-state index contributed by atoms with van der Waals surface area (Å²) in [6, 6.07) is 0. The Bertz CT molecular complexity index is 280. The Kier molecular flexibility index (Phi) is 2.49. The summed E-state index contributed by atoms with van der Waals surface area (Å²) in [7, 11) is 0. The van der Waals surface area contributed by atoms with Crippen LogP contribution >= 0.6 is 11.8 Å². The first-order chi connectivity index (χ1) is 5.59. The first-order valence-electron chi connectivity index (χ1n) is 2.92. The molecular weight excluding hydrogens is 184 g/mol. The van der Waals surface area contributed by atoms with Gasteiger partial charge in [-0.1, -0.05) is 11.8 Å². The molecule has 0 aliphatic carbocycles. The number of carboxylic acids is 1. The Labute approximate surface area is 71.4 Å².